The highest BCUT2D eigenvalue weighted by molar-refractivity contribution is 7.47. The summed E-state index contributed by atoms with van der Waals surface area (Å²) in [6.07, 6.45) is 82.8. The van der Waals surface area contributed by atoms with Crippen molar-refractivity contribution in [1.29, 1.82) is 0 Å². The summed E-state index contributed by atoms with van der Waals surface area (Å²) in [5.74, 6) is -0.553. The number of hydrogen-bond acceptors (Lipinski definition) is 6. The normalized spacial score (nSPS) is 14.2. The van der Waals surface area contributed by atoms with Crippen molar-refractivity contribution in [3.8, 4) is 0 Å². The molecular formula is C72H130N2O7P+. The molecule has 0 rings (SSSR count). The summed E-state index contributed by atoms with van der Waals surface area (Å²) >= 11 is 0. The summed E-state index contributed by atoms with van der Waals surface area (Å²) in [4.78, 5) is 37.8. The summed E-state index contributed by atoms with van der Waals surface area (Å²) in [6, 6.07) is -0.877. The Morgan fingerprint density at radius 3 is 1.20 bits per heavy atom. The molecule has 0 aromatic carbocycles. The van der Waals surface area contributed by atoms with Crippen molar-refractivity contribution >= 4 is 19.7 Å². The van der Waals surface area contributed by atoms with Crippen molar-refractivity contribution < 1.29 is 37.3 Å². The van der Waals surface area contributed by atoms with Crippen molar-refractivity contribution in [2.24, 2.45) is 0 Å². The predicted molar refractivity (Wildman–Crippen MR) is 355 cm³/mol. The van der Waals surface area contributed by atoms with Crippen LogP contribution < -0.4 is 5.32 Å². The van der Waals surface area contributed by atoms with E-state index >= 15 is 0 Å². The van der Waals surface area contributed by atoms with Gasteiger partial charge in [0, 0.05) is 12.8 Å². The molecule has 0 heterocycles. The molecule has 82 heavy (non-hydrogen) atoms. The number of allylic oxidation sites excluding steroid dienone is 15. The van der Waals surface area contributed by atoms with Crippen LogP contribution in [-0.2, 0) is 27.9 Å². The minimum Gasteiger partial charge on any atom is -0.456 e. The van der Waals surface area contributed by atoms with E-state index in [0.29, 0.717) is 17.4 Å². The van der Waals surface area contributed by atoms with Gasteiger partial charge in [0.1, 0.15) is 19.3 Å². The molecule has 474 valence electrons. The largest absolute Gasteiger partial charge is 0.472 e. The van der Waals surface area contributed by atoms with Crippen LogP contribution in [0.5, 0.6) is 0 Å². The molecular weight excluding hydrogens is 1040 g/mol. The topological polar surface area (TPSA) is 111 Å². The van der Waals surface area contributed by atoms with E-state index in [2.05, 4.69) is 111 Å². The summed E-state index contributed by atoms with van der Waals surface area (Å²) in [6.45, 7) is 6.87. The Morgan fingerprint density at radius 1 is 0.439 bits per heavy atom. The third kappa shape index (κ3) is 61.5. The zero-order valence-electron chi connectivity index (χ0n) is 54.2. The number of quaternary nitrogens is 1. The van der Waals surface area contributed by atoms with Gasteiger partial charge >= 0.3 is 13.8 Å². The number of unbranched alkanes of at least 4 members (excludes halogenated alkanes) is 31. The van der Waals surface area contributed by atoms with Gasteiger partial charge in [-0.1, -0.05) is 272 Å². The van der Waals surface area contributed by atoms with E-state index in [1.54, 1.807) is 0 Å². The van der Waals surface area contributed by atoms with Gasteiger partial charge in [-0.3, -0.25) is 18.6 Å². The third-order valence-corrected chi connectivity index (χ3v) is 15.7. The van der Waals surface area contributed by atoms with E-state index in [-0.39, 0.29) is 37.9 Å². The van der Waals surface area contributed by atoms with Crippen LogP contribution in [0.4, 0.5) is 0 Å². The fourth-order valence-corrected chi connectivity index (χ4v) is 10.3. The number of amides is 1. The number of rotatable bonds is 61. The number of phosphoric acid groups is 1. The van der Waals surface area contributed by atoms with Gasteiger partial charge < -0.3 is 19.4 Å². The summed E-state index contributed by atoms with van der Waals surface area (Å²) < 4.78 is 30.8. The number of hydrogen-bond donors (Lipinski definition) is 2. The SMILES string of the molecule is CC/C=C\C/C=C\C/C=C\C/C=C\C/C=C\C/C=C\CCCCC(=O)NC(COP(=O)(O)OCC[N+](C)(C)C)C(/C=C/CCCCCCCCCCCC)OC(=O)CCCCCCCCCCCCCCC/C=C/CCCCCCCC. The molecule has 2 N–H and O–H groups in total. The zero-order chi connectivity index (χ0) is 60.0. The molecule has 3 atom stereocenters. The number of nitrogens with one attached hydrogen (secondary N) is 1. The van der Waals surface area contributed by atoms with E-state index in [1.807, 2.05) is 33.3 Å². The highest BCUT2D eigenvalue weighted by Crippen LogP contribution is 2.43. The van der Waals surface area contributed by atoms with E-state index in [1.165, 1.54) is 167 Å². The van der Waals surface area contributed by atoms with Crippen LogP contribution >= 0.6 is 7.82 Å². The van der Waals surface area contributed by atoms with Crippen LogP contribution in [0, 0.1) is 0 Å². The first-order chi connectivity index (χ1) is 39.9. The monoisotopic (exact) mass is 1170 g/mol. The standard InChI is InChI=1S/C72H129N2O7P/c1-7-10-13-16-19-22-25-28-30-32-34-36-37-39-41-43-45-47-50-53-56-59-62-65-72(76)81-70(63-60-57-54-51-48-27-24-21-18-15-12-9-3)69(68-80-82(77,78)79-67-66-74(4,5)6)73-71(75)64-61-58-55-52-49-46-44-42-40-38-35-33-31-29-26-23-20-17-14-11-8-2/h11,14,20,23,28-31,35,38,42,44,49,52,60,63,69-70H,7-10,12-13,15-19,21-22,24-27,32-34,36-37,39-41,43,45-48,50-51,53-59,61-62,64-68H2,1-6H3,(H-,73,75,77,78)/p+1/b14-11-,23-20-,30-28+,31-29-,38-35-,44-42-,52-49-,63-60+. The van der Waals surface area contributed by atoms with Gasteiger partial charge in [-0.15, -0.1) is 0 Å². The van der Waals surface area contributed by atoms with Crippen LogP contribution in [0.25, 0.3) is 0 Å². The second kappa shape index (κ2) is 61.0. The fourth-order valence-electron chi connectivity index (χ4n) is 9.53. The highest BCUT2D eigenvalue weighted by atomic mass is 31.2. The summed E-state index contributed by atoms with van der Waals surface area (Å²) in [5, 5.41) is 3.04. The average Bonchev–Trinajstić information content (AvgIpc) is 3.44. The molecule has 0 bridgehead atoms. The third-order valence-electron chi connectivity index (χ3n) is 14.8. The van der Waals surface area contributed by atoms with Crippen molar-refractivity contribution in [2.75, 3.05) is 40.9 Å². The predicted octanol–water partition coefficient (Wildman–Crippen LogP) is 21.5. The van der Waals surface area contributed by atoms with Crippen LogP contribution in [-0.4, -0.2) is 74.3 Å². The van der Waals surface area contributed by atoms with Crippen LogP contribution in [0.2, 0.25) is 0 Å². The molecule has 0 saturated carbocycles. The minimum absolute atomic E-state index is 0.0280. The molecule has 0 aliphatic heterocycles. The molecule has 0 aliphatic carbocycles. The van der Waals surface area contributed by atoms with Crippen LogP contribution in [0.15, 0.2) is 97.2 Å². The number of esters is 1. The van der Waals surface area contributed by atoms with Crippen molar-refractivity contribution in [2.45, 2.75) is 309 Å². The maximum absolute atomic E-state index is 13.6. The Balaban J connectivity index is 5.20. The lowest BCUT2D eigenvalue weighted by Crippen LogP contribution is -2.47. The first-order valence-corrected chi connectivity index (χ1v) is 35.6. The molecule has 0 fully saturated rings. The Kier molecular flexibility index (Phi) is 58.7. The maximum Gasteiger partial charge on any atom is 0.472 e. The first kappa shape index (κ1) is 78.9. The molecule has 0 aromatic heterocycles. The first-order valence-electron chi connectivity index (χ1n) is 34.1. The lowest BCUT2D eigenvalue weighted by molar-refractivity contribution is -0.870. The lowest BCUT2D eigenvalue weighted by atomic mass is 10.0. The molecule has 1 amide bonds. The van der Waals surface area contributed by atoms with Crippen molar-refractivity contribution in [3.63, 3.8) is 0 Å². The van der Waals surface area contributed by atoms with Gasteiger partial charge in [0.05, 0.1) is 33.8 Å². The number of ether oxygens (including phenoxy) is 1. The average molecular weight is 1170 g/mol. The number of likely N-dealkylation sites (N-methyl/N-ethyl adjacent to an activating group) is 1. The smallest absolute Gasteiger partial charge is 0.456 e. The van der Waals surface area contributed by atoms with Crippen LogP contribution in [0.1, 0.15) is 297 Å². The molecule has 3 unspecified atom stereocenters. The van der Waals surface area contributed by atoms with E-state index < -0.39 is 20.0 Å². The van der Waals surface area contributed by atoms with Crippen molar-refractivity contribution in [3.05, 3.63) is 97.2 Å². The number of carbonyl (C=O) groups excluding carboxylic acids is 2. The highest BCUT2D eigenvalue weighted by Gasteiger charge is 2.30. The number of phosphoric ester groups is 1. The van der Waals surface area contributed by atoms with Crippen molar-refractivity contribution in [1.82, 2.24) is 5.32 Å². The molecule has 10 heteroatoms. The second-order valence-electron chi connectivity index (χ2n) is 24.0. The maximum atomic E-state index is 13.6. The number of nitrogens with zero attached hydrogens (tertiary/aromatic N) is 1. The Bertz CT molecular complexity index is 1720. The molecule has 0 radical (unpaired) electrons. The van der Waals surface area contributed by atoms with Gasteiger partial charge in [0.25, 0.3) is 0 Å². The van der Waals surface area contributed by atoms with Gasteiger partial charge in [-0.2, -0.15) is 0 Å². The Hall–Kier alpha value is -3.07. The minimum atomic E-state index is -4.47. The molecule has 9 nitrogen and oxygen atoms in total. The number of carbonyl (C=O) groups is 2. The Labute approximate surface area is 507 Å². The van der Waals surface area contributed by atoms with E-state index in [0.717, 1.165) is 89.9 Å². The fraction of sp³-hybridized carbons (Fsp3) is 0.750. The summed E-state index contributed by atoms with van der Waals surface area (Å²) in [5.41, 5.74) is 0. The van der Waals surface area contributed by atoms with E-state index in [4.69, 9.17) is 13.8 Å². The quantitative estimate of drug-likeness (QED) is 0.0205. The van der Waals surface area contributed by atoms with Crippen LogP contribution in [0.3, 0.4) is 0 Å². The summed E-state index contributed by atoms with van der Waals surface area (Å²) in [7, 11) is 1.46. The second-order valence-corrected chi connectivity index (χ2v) is 25.4. The molecule has 0 spiro atoms. The Morgan fingerprint density at radius 2 is 0.780 bits per heavy atom. The zero-order valence-corrected chi connectivity index (χ0v) is 55.1. The van der Waals surface area contributed by atoms with Gasteiger partial charge in [-0.25, -0.2) is 4.57 Å². The van der Waals surface area contributed by atoms with Gasteiger partial charge in [0.2, 0.25) is 5.91 Å². The molecule has 0 aromatic rings. The molecule has 0 saturated heterocycles. The lowest BCUT2D eigenvalue weighted by Gasteiger charge is -2.27. The van der Waals surface area contributed by atoms with Gasteiger partial charge in [-0.05, 0) is 109 Å². The van der Waals surface area contributed by atoms with E-state index in [9.17, 15) is 19.0 Å². The van der Waals surface area contributed by atoms with Gasteiger partial charge in [0.15, 0.2) is 0 Å². The molecule has 0 aliphatic rings.